The molecule has 0 saturated heterocycles. The molecule has 1 amide bonds. The topological polar surface area (TPSA) is 110 Å². The third kappa shape index (κ3) is 4.93. The summed E-state index contributed by atoms with van der Waals surface area (Å²) in [7, 11) is 0. The predicted molar refractivity (Wildman–Crippen MR) is 140 cm³/mol. The van der Waals surface area contributed by atoms with Gasteiger partial charge in [-0.05, 0) is 41.2 Å². The van der Waals surface area contributed by atoms with Crippen LogP contribution in [0, 0.1) is 10.1 Å². The van der Waals surface area contributed by atoms with E-state index >= 15 is 0 Å². The molecule has 2 aromatic heterocycles. The van der Waals surface area contributed by atoms with E-state index in [-0.39, 0.29) is 16.6 Å². The van der Waals surface area contributed by atoms with Crippen molar-refractivity contribution in [1.82, 2.24) is 10.3 Å². The number of nitro groups is 1. The number of aromatic nitrogens is 1. The lowest BCUT2D eigenvalue weighted by Gasteiger charge is -2.05. The van der Waals surface area contributed by atoms with Crippen LogP contribution in [0.1, 0.15) is 10.6 Å². The lowest BCUT2D eigenvalue weighted by Crippen LogP contribution is -2.33. The number of carbonyl (C=O) groups is 1. The first-order chi connectivity index (χ1) is 17.0. The molecule has 10 heteroatoms. The smallest absolute Gasteiger partial charge is 0.293 e. The molecule has 0 atom stereocenters. The van der Waals surface area contributed by atoms with Crippen molar-refractivity contribution in [3.05, 3.63) is 100 Å². The second kappa shape index (κ2) is 9.45. The van der Waals surface area contributed by atoms with E-state index in [0.717, 1.165) is 22.0 Å². The second-order valence-electron chi connectivity index (χ2n) is 7.48. The van der Waals surface area contributed by atoms with Gasteiger partial charge in [-0.2, -0.15) is 0 Å². The standard InChI is InChI=1S/C25H16N4O4S2/c30-23(22-11-10-21(33-22)18-6-3-7-19(13-18)29(31)32)27-24(34)28-25-26-20(14-35-25)17-9-8-15-4-1-2-5-16(15)12-17/h1-14H,(H2,26,27,28,30,34). The first-order valence-corrected chi connectivity index (χ1v) is 11.7. The molecule has 0 radical (unpaired) electrons. The zero-order valence-electron chi connectivity index (χ0n) is 17.9. The average molecular weight is 501 g/mol. The Kier molecular flexibility index (Phi) is 6.04. The number of thiazole rings is 1. The molecule has 0 fully saturated rings. The number of fused-ring (bicyclic) bond motifs is 1. The Bertz CT molecular complexity index is 1590. The molecule has 0 aliphatic carbocycles. The molecule has 5 rings (SSSR count). The number of rotatable bonds is 5. The summed E-state index contributed by atoms with van der Waals surface area (Å²) in [4.78, 5) is 27.6. The molecule has 172 valence electrons. The first kappa shape index (κ1) is 22.4. The summed E-state index contributed by atoms with van der Waals surface area (Å²) in [5.41, 5.74) is 2.20. The average Bonchev–Trinajstić information content (AvgIpc) is 3.54. The third-order valence-corrected chi connectivity index (χ3v) is 6.13. The van der Waals surface area contributed by atoms with Crippen molar-refractivity contribution in [2.24, 2.45) is 0 Å². The van der Waals surface area contributed by atoms with Crippen molar-refractivity contribution >= 4 is 56.2 Å². The molecular weight excluding hydrogens is 484 g/mol. The number of thiocarbonyl (C=S) groups is 1. The summed E-state index contributed by atoms with van der Waals surface area (Å²) in [6.45, 7) is 0. The van der Waals surface area contributed by atoms with Crippen LogP contribution < -0.4 is 10.6 Å². The van der Waals surface area contributed by atoms with Gasteiger partial charge in [-0.15, -0.1) is 11.3 Å². The molecule has 2 N–H and O–H groups in total. The van der Waals surface area contributed by atoms with E-state index in [1.54, 1.807) is 18.2 Å². The largest absolute Gasteiger partial charge is 0.451 e. The predicted octanol–water partition coefficient (Wildman–Crippen LogP) is 6.26. The van der Waals surface area contributed by atoms with E-state index in [9.17, 15) is 14.9 Å². The molecule has 2 heterocycles. The van der Waals surface area contributed by atoms with Crippen molar-refractivity contribution in [2.45, 2.75) is 0 Å². The molecule has 0 spiro atoms. The minimum atomic E-state index is -0.550. The number of hydrogen-bond donors (Lipinski definition) is 2. The maximum absolute atomic E-state index is 12.6. The number of nitro benzene ring substituents is 1. The van der Waals surface area contributed by atoms with Crippen molar-refractivity contribution in [1.29, 1.82) is 0 Å². The summed E-state index contributed by atoms with van der Waals surface area (Å²) < 4.78 is 5.58. The Balaban J connectivity index is 1.24. The lowest BCUT2D eigenvalue weighted by atomic mass is 10.1. The van der Waals surface area contributed by atoms with E-state index in [1.165, 1.54) is 29.5 Å². The Morgan fingerprint density at radius 1 is 0.971 bits per heavy atom. The molecule has 0 bridgehead atoms. The summed E-state index contributed by atoms with van der Waals surface area (Å²) in [6, 6.07) is 23.3. The number of amides is 1. The van der Waals surface area contributed by atoms with Gasteiger partial charge in [-0.3, -0.25) is 20.2 Å². The highest BCUT2D eigenvalue weighted by Crippen LogP contribution is 2.28. The van der Waals surface area contributed by atoms with Crippen LogP contribution in [0.2, 0.25) is 0 Å². The van der Waals surface area contributed by atoms with E-state index in [2.05, 4.69) is 27.8 Å². The monoisotopic (exact) mass is 500 g/mol. The highest BCUT2D eigenvalue weighted by atomic mass is 32.1. The Morgan fingerprint density at radius 3 is 2.63 bits per heavy atom. The van der Waals surface area contributed by atoms with Gasteiger partial charge in [0.1, 0.15) is 5.76 Å². The summed E-state index contributed by atoms with van der Waals surface area (Å²) >= 11 is 6.62. The van der Waals surface area contributed by atoms with Gasteiger partial charge in [0.05, 0.1) is 10.6 Å². The number of nitrogens with one attached hydrogen (secondary N) is 2. The number of furan rings is 1. The first-order valence-electron chi connectivity index (χ1n) is 10.4. The van der Waals surface area contributed by atoms with Crippen LogP contribution >= 0.6 is 23.6 Å². The molecule has 0 aliphatic heterocycles. The number of benzene rings is 3. The van der Waals surface area contributed by atoms with E-state index in [0.29, 0.717) is 16.5 Å². The molecule has 0 unspecified atom stereocenters. The number of hydrogen-bond acceptors (Lipinski definition) is 7. The van der Waals surface area contributed by atoms with Gasteiger partial charge < -0.3 is 9.73 Å². The highest BCUT2D eigenvalue weighted by molar-refractivity contribution is 7.80. The maximum Gasteiger partial charge on any atom is 0.293 e. The van der Waals surface area contributed by atoms with Crippen LogP contribution in [0.5, 0.6) is 0 Å². The summed E-state index contributed by atoms with van der Waals surface area (Å²) in [6.07, 6.45) is 0. The Hall–Kier alpha value is -4.41. The van der Waals surface area contributed by atoms with E-state index in [1.807, 2.05) is 35.7 Å². The van der Waals surface area contributed by atoms with Crippen LogP contribution in [-0.4, -0.2) is 20.9 Å². The lowest BCUT2D eigenvalue weighted by molar-refractivity contribution is -0.384. The fourth-order valence-corrected chi connectivity index (χ4v) is 4.47. The minimum Gasteiger partial charge on any atom is -0.451 e. The van der Waals surface area contributed by atoms with Crippen molar-refractivity contribution in [3.8, 4) is 22.6 Å². The number of non-ortho nitro benzene ring substituents is 1. The van der Waals surface area contributed by atoms with Gasteiger partial charge in [0.25, 0.3) is 11.6 Å². The van der Waals surface area contributed by atoms with Crippen LogP contribution in [0.3, 0.4) is 0 Å². The molecule has 3 aromatic carbocycles. The van der Waals surface area contributed by atoms with Crippen LogP contribution in [0.15, 0.2) is 88.7 Å². The molecule has 0 aliphatic rings. The summed E-state index contributed by atoms with van der Waals surface area (Å²) in [5.74, 6) is -0.199. The number of carbonyl (C=O) groups excluding carboxylic acids is 1. The number of nitrogens with zero attached hydrogens (tertiary/aromatic N) is 2. The van der Waals surface area contributed by atoms with Gasteiger partial charge in [-0.25, -0.2) is 4.98 Å². The van der Waals surface area contributed by atoms with Gasteiger partial charge in [0.15, 0.2) is 16.0 Å². The summed E-state index contributed by atoms with van der Waals surface area (Å²) in [5, 5.41) is 21.3. The van der Waals surface area contributed by atoms with Gasteiger partial charge in [0.2, 0.25) is 0 Å². The highest BCUT2D eigenvalue weighted by Gasteiger charge is 2.16. The van der Waals surface area contributed by atoms with Gasteiger partial charge in [-0.1, -0.05) is 48.5 Å². The Labute approximate surface area is 208 Å². The fraction of sp³-hybridized carbons (Fsp3) is 0. The zero-order chi connectivity index (χ0) is 24.4. The van der Waals surface area contributed by atoms with Crippen LogP contribution in [0.25, 0.3) is 33.4 Å². The van der Waals surface area contributed by atoms with E-state index < -0.39 is 10.8 Å². The zero-order valence-corrected chi connectivity index (χ0v) is 19.6. The molecule has 8 nitrogen and oxygen atoms in total. The quantitative estimate of drug-likeness (QED) is 0.166. The normalized spacial score (nSPS) is 10.7. The number of anilines is 1. The molecule has 5 aromatic rings. The van der Waals surface area contributed by atoms with Gasteiger partial charge in [0, 0.05) is 28.6 Å². The molecule has 0 saturated carbocycles. The SMILES string of the molecule is O=C(NC(=S)Nc1nc(-c2ccc3ccccc3c2)cs1)c1ccc(-c2cccc([N+](=O)[O-])c2)o1. The van der Waals surface area contributed by atoms with Crippen molar-refractivity contribution in [2.75, 3.05) is 5.32 Å². The van der Waals surface area contributed by atoms with Gasteiger partial charge >= 0.3 is 0 Å². The second-order valence-corrected chi connectivity index (χ2v) is 8.75. The van der Waals surface area contributed by atoms with Crippen LogP contribution in [-0.2, 0) is 0 Å². The van der Waals surface area contributed by atoms with Crippen molar-refractivity contribution < 1.29 is 14.1 Å². The third-order valence-electron chi connectivity index (χ3n) is 5.17. The van der Waals surface area contributed by atoms with Crippen molar-refractivity contribution in [3.63, 3.8) is 0 Å². The van der Waals surface area contributed by atoms with Crippen LogP contribution in [0.4, 0.5) is 10.8 Å². The maximum atomic E-state index is 12.6. The fourth-order valence-electron chi connectivity index (χ4n) is 3.49. The minimum absolute atomic E-state index is 0.0200. The van der Waals surface area contributed by atoms with E-state index in [4.69, 9.17) is 16.6 Å². The molecule has 35 heavy (non-hydrogen) atoms. The Morgan fingerprint density at radius 2 is 1.80 bits per heavy atom. The molecular formula is C25H16N4O4S2.